The second-order valence-electron chi connectivity index (χ2n) is 6.42. The Labute approximate surface area is 127 Å². The molecule has 1 fully saturated rings. The summed E-state index contributed by atoms with van der Waals surface area (Å²) >= 11 is 1.60. The normalized spacial score (nSPS) is 18.6. The monoisotopic (exact) mass is 295 g/mol. The molecule has 0 aliphatic heterocycles. The molecule has 0 bridgehead atoms. The summed E-state index contributed by atoms with van der Waals surface area (Å²) in [6.45, 7) is 7.77. The molecule has 0 radical (unpaired) electrons. The lowest BCUT2D eigenvalue weighted by atomic mass is 9.84. The van der Waals surface area contributed by atoms with E-state index < -0.39 is 0 Å². The molecule has 1 saturated carbocycles. The summed E-state index contributed by atoms with van der Waals surface area (Å²) in [5.41, 5.74) is 1.21. The van der Waals surface area contributed by atoms with Crippen LogP contribution < -0.4 is 5.32 Å². The first-order valence-electron chi connectivity index (χ1n) is 8.27. The topological polar surface area (TPSA) is 37.8 Å². The van der Waals surface area contributed by atoms with Crippen LogP contribution in [-0.4, -0.2) is 16.1 Å². The minimum atomic E-state index is 0.468. The van der Waals surface area contributed by atoms with Crippen molar-refractivity contribution in [2.75, 3.05) is 6.54 Å². The molecule has 4 heteroatoms. The van der Waals surface area contributed by atoms with E-state index >= 15 is 0 Å². The fraction of sp³-hybridized carbons (Fsp3) is 0.875. The van der Waals surface area contributed by atoms with Crippen LogP contribution >= 0.6 is 11.5 Å². The van der Waals surface area contributed by atoms with Crippen LogP contribution in [0.4, 0.5) is 0 Å². The molecule has 0 aromatic carbocycles. The average Bonchev–Trinajstić information content (AvgIpc) is 2.94. The zero-order valence-corrected chi connectivity index (χ0v) is 14.0. The van der Waals surface area contributed by atoms with E-state index in [1.54, 1.807) is 11.5 Å². The zero-order valence-electron chi connectivity index (χ0n) is 13.2. The standard InChI is InChI=1S/C16H29N3S/c1-4-10-17-14(11-13-8-6-5-7-9-13)16-15(12(2)3)18-19-20-16/h12-14,17H,4-11H2,1-3H3. The molecule has 3 nitrogen and oxygen atoms in total. The van der Waals surface area contributed by atoms with Crippen LogP contribution in [0.25, 0.3) is 0 Å². The van der Waals surface area contributed by atoms with Crippen molar-refractivity contribution in [1.29, 1.82) is 0 Å². The molecule has 0 saturated heterocycles. The van der Waals surface area contributed by atoms with Gasteiger partial charge in [-0.2, -0.15) is 0 Å². The van der Waals surface area contributed by atoms with Gasteiger partial charge in [0.1, 0.15) is 0 Å². The molecule has 0 amide bonds. The molecule has 1 aliphatic rings. The molecule has 0 spiro atoms. The highest BCUT2D eigenvalue weighted by atomic mass is 32.1. The lowest BCUT2D eigenvalue weighted by Gasteiger charge is -2.27. The van der Waals surface area contributed by atoms with Crippen LogP contribution in [0.15, 0.2) is 0 Å². The SMILES string of the molecule is CCCNC(CC1CCCCC1)c1snnc1C(C)C. The molecular formula is C16H29N3S. The van der Waals surface area contributed by atoms with Crippen LogP contribution in [0, 0.1) is 5.92 Å². The van der Waals surface area contributed by atoms with E-state index in [1.165, 1.54) is 55.5 Å². The van der Waals surface area contributed by atoms with Crippen LogP contribution in [0.2, 0.25) is 0 Å². The minimum Gasteiger partial charge on any atom is -0.309 e. The highest BCUT2D eigenvalue weighted by Gasteiger charge is 2.24. The molecule has 114 valence electrons. The van der Waals surface area contributed by atoms with Crippen molar-refractivity contribution in [1.82, 2.24) is 14.9 Å². The highest BCUT2D eigenvalue weighted by molar-refractivity contribution is 7.05. The Hall–Kier alpha value is -0.480. The van der Waals surface area contributed by atoms with Gasteiger partial charge < -0.3 is 5.32 Å². The van der Waals surface area contributed by atoms with Crippen molar-refractivity contribution < 1.29 is 0 Å². The molecule has 1 aliphatic carbocycles. The zero-order chi connectivity index (χ0) is 14.4. The summed E-state index contributed by atoms with van der Waals surface area (Å²) in [4.78, 5) is 1.39. The van der Waals surface area contributed by atoms with Crippen LogP contribution in [0.3, 0.4) is 0 Å². The summed E-state index contributed by atoms with van der Waals surface area (Å²) in [6.07, 6.45) is 9.55. The van der Waals surface area contributed by atoms with E-state index in [1.807, 2.05) is 0 Å². The summed E-state index contributed by atoms with van der Waals surface area (Å²) in [6, 6.07) is 0.468. The molecule has 1 unspecified atom stereocenters. The second kappa shape index (κ2) is 8.08. The largest absolute Gasteiger partial charge is 0.309 e. The molecule has 1 aromatic heterocycles. The van der Waals surface area contributed by atoms with Gasteiger partial charge in [0.25, 0.3) is 0 Å². The Bertz CT molecular complexity index is 383. The third kappa shape index (κ3) is 4.26. The predicted octanol–water partition coefficient (Wildman–Crippen LogP) is 4.67. The fourth-order valence-electron chi connectivity index (χ4n) is 3.20. The average molecular weight is 295 g/mol. The van der Waals surface area contributed by atoms with E-state index in [2.05, 4.69) is 35.7 Å². The molecular weight excluding hydrogens is 266 g/mol. The van der Waals surface area contributed by atoms with Crippen molar-refractivity contribution in [3.8, 4) is 0 Å². The Kier molecular flexibility index (Phi) is 6.43. The second-order valence-corrected chi connectivity index (χ2v) is 7.21. The number of hydrogen-bond donors (Lipinski definition) is 1. The van der Waals surface area contributed by atoms with Gasteiger partial charge >= 0.3 is 0 Å². The third-order valence-corrected chi connectivity index (χ3v) is 5.19. The number of hydrogen-bond acceptors (Lipinski definition) is 4. The van der Waals surface area contributed by atoms with Gasteiger partial charge in [0.05, 0.1) is 10.6 Å². The van der Waals surface area contributed by atoms with Crippen LogP contribution in [-0.2, 0) is 0 Å². The summed E-state index contributed by atoms with van der Waals surface area (Å²) in [5.74, 6) is 1.36. The Morgan fingerprint density at radius 1 is 1.25 bits per heavy atom. The minimum absolute atomic E-state index is 0.468. The van der Waals surface area contributed by atoms with E-state index in [9.17, 15) is 0 Å². The van der Waals surface area contributed by atoms with Crippen molar-refractivity contribution >= 4 is 11.5 Å². The van der Waals surface area contributed by atoms with Crippen molar-refractivity contribution in [3.05, 3.63) is 10.6 Å². The molecule has 1 aromatic rings. The smallest absolute Gasteiger partial charge is 0.0829 e. The quantitative estimate of drug-likeness (QED) is 0.794. The van der Waals surface area contributed by atoms with Gasteiger partial charge in [-0.05, 0) is 42.8 Å². The first-order valence-corrected chi connectivity index (χ1v) is 9.05. The first-order chi connectivity index (χ1) is 9.72. The first kappa shape index (κ1) is 15.9. The van der Waals surface area contributed by atoms with Gasteiger partial charge in [0.2, 0.25) is 0 Å². The Morgan fingerprint density at radius 2 is 2.00 bits per heavy atom. The van der Waals surface area contributed by atoms with Gasteiger partial charge in [-0.25, -0.2) is 0 Å². The summed E-state index contributed by atoms with van der Waals surface area (Å²) in [7, 11) is 0. The fourth-order valence-corrected chi connectivity index (χ4v) is 4.10. The molecule has 20 heavy (non-hydrogen) atoms. The Balaban J connectivity index is 2.07. The Morgan fingerprint density at radius 3 is 2.65 bits per heavy atom. The number of rotatable bonds is 7. The molecule has 1 heterocycles. The maximum absolute atomic E-state index is 4.37. The number of nitrogens with zero attached hydrogens (tertiary/aromatic N) is 2. The lowest BCUT2D eigenvalue weighted by Crippen LogP contribution is -2.25. The molecule has 2 rings (SSSR count). The highest BCUT2D eigenvalue weighted by Crippen LogP contribution is 2.35. The number of nitrogens with one attached hydrogen (secondary N) is 1. The maximum atomic E-state index is 4.37. The summed E-state index contributed by atoms with van der Waals surface area (Å²) < 4.78 is 4.22. The van der Waals surface area contributed by atoms with Crippen molar-refractivity contribution in [2.45, 2.75) is 77.7 Å². The molecule has 1 N–H and O–H groups in total. The van der Waals surface area contributed by atoms with E-state index in [4.69, 9.17) is 0 Å². The van der Waals surface area contributed by atoms with Crippen LogP contribution in [0.5, 0.6) is 0 Å². The summed E-state index contributed by atoms with van der Waals surface area (Å²) in [5, 5.41) is 8.11. The van der Waals surface area contributed by atoms with Gasteiger partial charge in [-0.15, -0.1) is 5.10 Å². The van der Waals surface area contributed by atoms with Gasteiger partial charge in [-0.3, -0.25) is 0 Å². The number of aromatic nitrogens is 2. The van der Waals surface area contributed by atoms with Gasteiger partial charge in [0, 0.05) is 6.04 Å². The van der Waals surface area contributed by atoms with Gasteiger partial charge in [0.15, 0.2) is 0 Å². The van der Waals surface area contributed by atoms with Crippen molar-refractivity contribution in [2.24, 2.45) is 5.92 Å². The maximum Gasteiger partial charge on any atom is 0.0829 e. The molecule has 1 atom stereocenters. The van der Waals surface area contributed by atoms with Crippen LogP contribution in [0.1, 0.15) is 88.2 Å². The van der Waals surface area contributed by atoms with Crippen molar-refractivity contribution in [3.63, 3.8) is 0 Å². The lowest BCUT2D eigenvalue weighted by molar-refractivity contribution is 0.300. The third-order valence-electron chi connectivity index (χ3n) is 4.34. The van der Waals surface area contributed by atoms with E-state index in [0.29, 0.717) is 12.0 Å². The van der Waals surface area contributed by atoms with E-state index in [-0.39, 0.29) is 0 Å². The van der Waals surface area contributed by atoms with Gasteiger partial charge in [-0.1, -0.05) is 57.4 Å². The predicted molar refractivity (Wildman–Crippen MR) is 86.2 cm³/mol. The van der Waals surface area contributed by atoms with E-state index in [0.717, 1.165) is 12.5 Å².